The van der Waals surface area contributed by atoms with Gasteiger partial charge in [-0.15, -0.1) is 0 Å². The van der Waals surface area contributed by atoms with E-state index in [0.29, 0.717) is 0 Å². The highest BCUT2D eigenvalue weighted by Gasteiger charge is 2.22. The van der Waals surface area contributed by atoms with Gasteiger partial charge in [-0.25, -0.2) is 0 Å². The molecule has 0 aromatic heterocycles. The van der Waals surface area contributed by atoms with Gasteiger partial charge in [-0.2, -0.15) is 0 Å². The van der Waals surface area contributed by atoms with Gasteiger partial charge < -0.3 is 15.5 Å². The minimum atomic E-state index is 1.01. The fourth-order valence-corrected chi connectivity index (χ4v) is 7.21. The Kier molecular flexibility index (Phi) is 9.37. The highest BCUT2D eigenvalue weighted by atomic mass is 15.2. The number of hydrogen-bond acceptors (Lipinski definition) is 3. The maximum absolute atomic E-state index is 3.77. The van der Waals surface area contributed by atoms with E-state index in [1.807, 2.05) is 0 Å². The predicted molar refractivity (Wildman–Crippen MR) is 194 cm³/mol. The van der Waals surface area contributed by atoms with Gasteiger partial charge in [-0.05, 0) is 155 Å². The Balaban J connectivity index is 1.05. The summed E-state index contributed by atoms with van der Waals surface area (Å²) < 4.78 is 0. The monoisotopic (exact) mass is 605 g/mol. The fraction of sp³-hybridized carbons (Fsp3) is 0.302. The van der Waals surface area contributed by atoms with Gasteiger partial charge in [0.25, 0.3) is 0 Å². The van der Waals surface area contributed by atoms with Crippen LogP contribution in [-0.4, -0.2) is 0 Å². The molecule has 0 saturated heterocycles. The molecule has 3 heteroatoms. The van der Waals surface area contributed by atoms with E-state index < -0.39 is 0 Å². The molecule has 0 spiro atoms. The predicted octanol–water partition coefficient (Wildman–Crippen LogP) is 10.9. The molecule has 0 amide bonds. The summed E-state index contributed by atoms with van der Waals surface area (Å²) in [5.41, 5.74) is 16.6. The third-order valence-electron chi connectivity index (χ3n) is 9.91. The number of anilines is 1. The molecule has 0 fully saturated rings. The van der Waals surface area contributed by atoms with Crippen LogP contribution in [0.25, 0.3) is 0 Å². The third kappa shape index (κ3) is 7.31. The highest BCUT2D eigenvalue weighted by molar-refractivity contribution is 5.61. The van der Waals surface area contributed by atoms with E-state index in [4.69, 9.17) is 0 Å². The third-order valence-corrected chi connectivity index (χ3v) is 9.91. The first-order valence-electron chi connectivity index (χ1n) is 17.4. The maximum atomic E-state index is 3.77. The Bertz CT molecular complexity index is 1610. The molecule has 7 rings (SSSR count). The Morgan fingerprint density at radius 1 is 0.435 bits per heavy atom. The lowest BCUT2D eigenvalue weighted by atomic mass is 9.90. The normalized spacial score (nSPS) is 21.2. The van der Waals surface area contributed by atoms with Crippen LogP contribution in [0.4, 0.5) is 5.69 Å². The van der Waals surface area contributed by atoms with Crippen molar-refractivity contribution in [2.24, 2.45) is 0 Å². The minimum Gasteiger partial charge on any atom is -0.362 e. The molecule has 6 aliphatic rings. The van der Waals surface area contributed by atoms with Crippen LogP contribution in [0.2, 0.25) is 0 Å². The topological polar surface area (TPSA) is 27.3 Å². The average Bonchev–Trinajstić information content (AvgIpc) is 3.12. The van der Waals surface area contributed by atoms with Crippen LogP contribution in [0.15, 0.2) is 166 Å². The van der Waals surface area contributed by atoms with E-state index in [-0.39, 0.29) is 0 Å². The fourth-order valence-electron chi connectivity index (χ4n) is 7.21. The Morgan fingerprint density at radius 2 is 0.870 bits per heavy atom. The summed E-state index contributed by atoms with van der Waals surface area (Å²) in [6, 6.07) is 9.01. The molecule has 3 nitrogen and oxygen atoms in total. The summed E-state index contributed by atoms with van der Waals surface area (Å²) in [6.07, 6.45) is 45.2. The summed E-state index contributed by atoms with van der Waals surface area (Å²) >= 11 is 0. The van der Waals surface area contributed by atoms with Crippen LogP contribution < -0.4 is 15.5 Å². The van der Waals surface area contributed by atoms with Crippen molar-refractivity contribution in [3.63, 3.8) is 0 Å². The summed E-state index contributed by atoms with van der Waals surface area (Å²) in [5, 5.41) is 7.53. The Hall–Kier alpha value is -4.50. The number of rotatable bonds is 9. The van der Waals surface area contributed by atoms with Gasteiger partial charge in [0.1, 0.15) is 0 Å². The lowest BCUT2D eigenvalue weighted by molar-refractivity contribution is 0.727. The van der Waals surface area contributed by atoms with Crippen molar-refractivity contribution in [1.29, 1.82) is 0 Å². The van der Waals surface area contributed by atoms with Crippen LogP contribution in [0, 0.1) is 6.92 Å². The number of allylic oxidation sites excluding steroid dienone is 24. The Labute approximate surface area is 275 Å². The van der Waals surface area contributed by atoms with E-state index in [2.05, 4.69) is 132 Å². The summed E-state index contributed by atoms with van der Waals surface area (Å²) in [5.74, 6) is 0. The molecule has 0 heterocycles. The van der Waals surface area contributed by atoms with Gasteiger partial charge in [0.15, 0.2) is 0 Å². The van der Waals surface area contributed by atoms with Gasteiger partial charge in [-0.3, -0.25) is 0 Å². The first kappa shape index (κ1) is 30.2. The quantitative estimate of drug-likeness (QED) is 0.293. The molecule has 0 bridgehead atoms. The van der Waals surface area contributed by atoms with Crippen molar-refractivity contribution in [3.8, 4) is 0 Å². The number of nitrogens with one attached hydrogen (secondary N) is 2. The molecule has 1 aromatic carbocycles. The largest absolute Gasteiger partial charge is 0.362 e. The number of hydrogen-bond donors (Lipinski definition) is 2. The molecule has 234 valence electrons. The van der Waals surface area contributed by atoms with Gasteiger partial charge >= 0.3 is 0 Å². The molecule has 0 atom stereocenters. The van der Waals surface area contributed by atoms with Gasteiger partial charge in [0, 0.05) is 39.9 Å². The smallest absolute Gasteiger partial charge is 0.0455 e. The molecule has 0 radical (unpaired) electrons. The molecule has 0 unspecified atom stereocenters. The summed E-state index contributed by atoms with van der Waals surface area (Å²) in [4.78, 5) is 2.50. The molecule has 6 aliphatic carbocycles. The van der Waals surface area contributed by atoms with Crippen molar-refractivity contribution in [3.05, 3.63) is 171 Å². The van der Waals surface area contributed by atoms with Crippen LogP contribution in [-0.2, 0) is 0 Å². The molecule has 0 saturated carbocycles. The molecular weight excluding hydrogens is 558 g/mol. The number of aryl methyl sites for hydroxylation is 1. The van der Waals surface area contributed by atoms with E-state index >= 15 is 0 Å². The SMILES string of the molecule is Cc1ccc(N(C2=CC=C(NC3=CC=C(C4=CC=CCC4)CC3)CC2)C2=CC=C(NC3=CC=C(C4=CC=CCC4)CC3)CC2)cc1. The molecule has 0 aliphatic heterocycles. The van der Waals surface area contributed by atoms with Crippen LogP contribution in [0.3, 0.4) is 0 Å². The van der Waals surface area contributed by atoms with Crippen molar-refractivity contribution in [1.82, 2.24) is 10.6 Å². The lowest BCUT2D eigenvalue weighted by Gasteiger charge is -2.33. The first-order valence-corrected chi connectivity index (χ1v) is 17.4. The second kappa shape index (κ2) is 14.3. The van der Waals surface area contributed by atoms with Gasteiger partial charge in [0.2, 0.25) is 0 Å². The van der Waals surface area contributed by atoms with Gasteiger partial charge in [0.05, 0.1) is 0 Å². The van der Waals surface area contributed by atoms with Crippen LogP contribution >= 0.6 is 0 Å². The average molecular weight is 606 g/mol. The van der Waals surface area contributed by atoms with Crippen molar-refractivity contribution >= 4 is 5.69 Å². The Morgan fingerprint density at radius 3 is 1.24 bits per heavy atom. The van der Waals surface area contributed by atoms with E-state index in [9.17, 15) is 0 Å². The molecule has 1 aromatic rings. The summed E-state index contributed by atoms with van der Waals surface area (Å²) in [6.45, 7) is 2.16. The highest BCUT2D eigenvalue weighted by Crippen LogP contribution is 2.35. The number of nitrogens with zero attached hydrogens (tertiary/aromatic N) is 1. The zero-order valence-electron chi connectivity index (χ0n) is 27.3. The molecular formula is C43H47N3. The van der Waals surface area contributed by atoms with E-state index in [1.54, 1.807) is 0 Å². The zero-order chi connectivity index (χ0) is 31.1. The van der Waals surface area contributed by atoms with Crippen molar-refractivity contribution in [2.75, 3.05) is 4.90 Å². The van der Waals surface area contributed by atoms with Gasteiger partial charge in [-0.1, -0.05) is 66.3 Å². The van der Waals surface area contributed by atoms with Crippen LogP contribution in [0.1, 0.15) is 82.6 Å². The second-order valence-electron chi connectivity index (χ2n) is 13.2. The standard InChI is InChI=1S/C43H47N3/c1-32-12-26-41(27-13-32)46(42-28-22-39(23-29-42)44-37-18-14-35(15-19-37)33-8-4-2-5-9-33)43-30-24-40(25-31-43)45-38-20-16-36(17-21-38)34-10-6-3-7-11-34/h2-4,6,8,10,12-14,16,18,20,22,24,26-28,30,44-45H,5,7,9,11,15,17,19,21,23,25,29,31H2,1H3. The van der Waals surface area contributed by atoms with E-state index in [1.165, 1.54) is 93.4 Å². The minimum absolute atomic E-state index is 1.01. The molecule has 2 N–H and O–H groups in total. The summed E-state index contributed by atoms with van der Waals surface area (Å²) in [7, 11) is 0. The molecule has 46 heavy (non-hydrogen) atoms. The first-order chi connectivity index (χ1) is 22.7. The zero-order valence-corrected chi connectivity index (χ0v) is 27.3. The van der Waals surface area contributed by atoms with E-state index in [0.717, 1.165) is 51.4 Å². The van der Waals surface area contributed by atoms with Crippen molar-refractivity contribution in [2.45, 2.75) is 84.0 Å². The van der Waals surface area contributed by atoms with Crippen LogP contribution in [0.5, 0.6) is 0 Å². The van der Waals surface area contributed by atoms with Crippen molar-refractivity contribution < 1.29 is 0 Å². The number of benzene rings is 1. The second-order valence-corrected chi connectivity index (χ2v) is 13.2. The lowest BCUT2D eigenvalue weighted by Crippen LogP contribution is -2.26. The maximum Gasteiger partial charge on any atom is 0.0455 e.